The molecule has 0 radical (unpaired) electrons. The summed E-state index contributed by atoms with van der Waals surface area (Å²) in [5.74, 6) is 1.65. The van der Waals surface area contributed by atoms with Gasteiger partial charge < -0.3 is 14.8 Å². The van der Waals surface area contributed by atoms with Gasteiger partial charge in [0.15, 0.2) is 0 Å². The Morgan fingerprint density at radius 3 is 2.20 bits per heavy atom. The molecule has 20 heavy (non-hydrogen) atoms. The summed E-state index contributed by atoms with van der Waals surface area (Å²) in [5.41, 5.74) is 3.35. The maximum atomic E-state index is 5.47. The lowest BCUT2D eigenvalue weighted by Gasteiger charge is -2.14. The molecule has 0 aromatic heterocycles. The third-order valence-corrected chi connectivity index (χ3v) is 3.22. The van der Waals surface area contributed by atoms with Gasteiger partial charge in [-0.2, -0.15) is 0 Å². The van der Waals surface area contributed by atoms with Crippen LogP contribution in [0.2, 0.25) is 0 Å². The minimum Gasteiger partial charge on any atom is -0.496 e. The van der Waals surface area contributed by atoms with Crippen LogP contribution >= 0.6 is 0 Å². The van der Waals surface area contributed by atoms with Crippen LogP contribution in [0.5, 0.6) is 11.5 Å². The second-order valence-electron chi connectivity index (χ2n) is 4.52. The van der Waals surface area contributed by atoms with Gasteiger partial charge in [-0.25, -0.2) is 0 Å². The van der Waals surface area contributed by atoms with Crippen LogP contribution in [0.25, 0.3) is 11.1 Å². The second kappa shape index (κ2) is 6.96. The first-order chi connectivity index (χ1) is 9.80. The van der Waals surface area contributed by atoms with E-state index in [2.05, 4.69) is 36.5 Å². The zero-order valence-corrected chi connectivity index (χ0v) is 12.3. The number of hydrogen-bond acceptors (Lipinski definition) is 3. The summed E-state index contributed by atoms with van der Waals surface area (Å²) in [5, 5.41) is 3.34. The SMILES string of the molecule is CCNCc1cccc(-c2c(OC)cccc2OC)c1. The molecule has 0 aliphatic carbocycles. The lowest BCUT2D eigenvalue weighted by molar-refractivity contribution is 0.397. The fourth-order valence-corrected chi connectivity index (χ4v) is 2.24. The summed E-state index contributed by atoms with van der Waals surface area (Å²) in [4.78, 5) is 0. The van der Waals surface area contributed by atoms with Crippen molar-refractivity contribution in [3.8, 4) is 22.6 Å². The molecule has 0 aliphatic rings. The minimum absolute atomic E-state index is 0.824. The monoisotopic (exact) mass is 271 g/mol. The number of ether oxygens (including phenoxy) is 2. The van der Waals surface area contributed by atoms with E-state index in [9.17, 15) is 0 Å². The fourth-order valence-electron chi connectivity index (χ4n) is 2.24. The summed E-state index contributed by atoms with van der Waals surface area (Å²) in [6.45, 7) is 3.93. The molecule has 0 bridgehead atoms. The van der Waals surface area contributed by atoms with E-state index in [1.54, 1.807) is 14.2 Å². The molecule has 0 heterocycles. The molecule has 3 nitrogen and oxygen atoms in total. The van der Waals surface area contributed by atoms with Gasteiger partial charge in [0.05, 0.1) is 19.8 Å². The predicted molar refractivity (Wildman–Crippen MR) is 82.4 cm³/mol. The molecule has 0 atom stereocenters. The molecule has 2 rings (SSSR count). The third-order valence-electron chi connectivity index (χ3n) is 3.22. The van der Waals surface area contributed by atoms with E-state index in [-0.39, 0.29) is 0 Å². The van der Waals surface area contributed by atoms with E-state index in [0.717, 1.165) is 35.7 Å². The van der Waals surface area contributed by atoms with Gasteiger partial charge in [0.1, 0.15) is 11.5 Å². The largest absolute Gasteiger partial charge is 0.496 e. The molecule has 0 saturated carbocycles. The van der Waals surface area contributed by atoms with Crippen LogP contribution in [0.1, 0.15) is 12.5 Å². The first-order valence-corrected chi connectivity index (χ1v) is 6.81. The van der Waals surface area contributed by atoms with E-state index in [1.165, 1.54) is 5.56 Å². The zero-order chi connectivity index (χ0) is 14.4. The molecule has 3 heteroatoms. The fraction of sp³-hybridized carbons (Fsp3) is 0.294. The Morgan fingerprint density at radius 2 is 1.60 bits per heavy atom. The zero-order valence-electron chi connectivity index (χ0n) is 12.3. The highest BCUT2D eigenvalue weighted by atomic mass is 16.5. The Kier molecular flexibility index (Phi) is 5.02. The highest BCUT2D eigenvalue weighted by molar-refractivity contribution is 5.77. The van der Waals surface area contributed by atoms with Crippen LogP contribution < -0.4 is 14.8 Å². The molecule has 2 aromatic carbocycles. The van der Waals surface area contributed by atoms with E-state index >= 15 is 0 Å². The van der Waals surface area contributed by atoms with Crippen LogP contribution in [0.3, 0.4) is 0 Å². The van der Waals surface area contributed by atoms with Gasteiger partial charge in [0.2, 0.25) is 0 Å². The van der Waals surface area contributed by atoms with Gasteiger partial charge in [-0.05, 0) is 35.9 Å². The first kappa shape index (κ1) is 14.4. The van der Waals surface area contributed by atoms with Crippen LogP contribution in [0.4, 0.5) is 0 Å². The average Bonchev–Trinajstić information content (AvgIpc) is 2.52. The molecule has 0 unspecified atom stereocenters. The molecule has 2 aromatic rings. The highest BCUT2D eigenvalue weighted by Gasteiger charge is 2.12. The van der Waals surface area contributed by atoms with E-state index < -0.39 is 0 Å². The predicted octanol–water partition coefficient (Wildman–Crippen LogP) is 3.48. The number of methoxy groups -OCH3 is 2. The van der Waals surface area contributed by atoms with Gasteiger partial charge in [0.25, 0.3) is 0 Å². The van der Waals surface area contributed by atoms with Gasteiger partial charge >= 0.3 is 0 Å². The maximum absolute atomic E-state index is 5.47. The molecule has 0 aliphatic heterocycles. The number of nitrogens with one attached hydrogen (secondary N) is 1. The quantitative estimate of drug-likeness (QED) is 0.872. The summed E-state index contributed by atoms with van der Waals surface area (Å²) in [6.07, 6.45) is 0. The molecule has 0 fully saturated rings. The van der Waals surface area contributed by atoms with Gasteiger partial charge in [-0.1, -0.05) is 31.2 Å². The highest BCUT2D eigenvalue weighted by Crippen LogP contribution is 2.38. The van der Waals surface area contributed by atoms with Crippen molar-refractivity contribution in [3.05, 3.63) is 48.0 Å². The van der Waals surface area contributed by atoms with Crippen molar-refractivity contribution in [3.63, 3.8) is 0 Å². The van der Waals surface area contributed by atoms with Gasteiger partial charge in [-0.3, -0.25) is 0 Å². The Bertz CT molecular complexity index is 544. The van der Waals surface area contributed by atoms with Crippen molar-refractivity contribution in [1.82, 2.24) is 5.32 Å². The lowest BCUT2D eigenvalue weighted by atomic mass is 10.0. The van der Waals surface area contributed by atoms with Gasteiger partial charge in [-0.15, -0.1) is 0 Å². The lowest BCUT2D eigenvalue weighted by Crippen LogP contribution is -2.11. The summed E-state index contributed by atoms with van der Waals surface area (Å²) in [7, 11) is 3.36. The normalized spacial score (nSPS) is 10.3. The average molecular weight is 271 g/mol. The molecule has 1 N–H and O–H groups in total. The summed E-state index contributed by atoms with van der Waals surface area (Å²) >= 11 is 0. The van der Waals surface area contributed by atoms with Gasteiger partial charge in [0, 0.05) is 6.54 Å². The van der Waals surface area contributed by atoms with Crippen molar-refractivity contribution in [2.75, 3.05) is 20.8 Å². The Balaban J connectivity index is 2.45. The molecule has 0 amide bonds. The minimum atomic E-state index is 0.824. The van der Waals surface area contributed by atoms with Crippen molar-refractivity contribution in [1.29, 1.82) is 0 Å². The van der Waals surface area contributed by atoms with Crippen LogP contribution in [0, 0.1) is 0 Å². The first-order valence-electron chi connectivity index (χ1n) is 6.81. The summed E-state index contributed by atoms with van der Waals surface area (Å²) in [6, 6.07) is 14.3. The maximum Gasteiger partial charge on any atom is 0.130 e. The second-order valence-corrected chi connectivity index (χ2v) is 4.52. The molecular weight excluding hydrogens is 250 g/mol. The number of hydrogen-bond donors (Lipinski definition) is 1. The topological polar surface area (TPSA) is 30.5 Å². The van der Waals surface area contributed by atoms with Crippen molar-refractivity contribution in [2.24, 2.45) is 0 Å². The molecule has 106 valence electrons. The number of benzene rings is 2. The van der Waals surface area contributed by atoms with E-state index in [4.69, 9.17) is 9.47 Å². The standard InChI is InChI=1S/C17H21NO2/c1-4-18-12-13-7-5-8-14(11-13)17-15(19-2)9-6-10-16(17)20-3/h5-11,18H,4,12H2,1-3H3. The molecule has 0 spiro atoms. The molecule has 0 saturated heterocycles. The van der Waals surface area contributed by atoms with Crippen LogP contribution in [-0.4, -0.2) is 20.8 Å². The van der Waals surface area contributed by atoms with Crippen LogP contribution in [-0.2, 0) is 6.54 Å². The van der Waals surface area contributed by atoms with Crippen LogP contribution in [0.15, 0.2) is 42.5 Å². The van der Waals surface area contributed by atoms with Crippen molar-refractivity contribution in [2.45, 2.75) is 13.5 Å². The molecular formula is C17H21NO2. The van der Waals surface area contributed by atoms with E-state index in [1.807, 2.05) is 18.2 Å². The van der Waals surface area contributed by atoms with E-state index in [0.29, 0.717) is 0 Å². The Labute approximate surface area is 120 Å². The summed E-state index contributed by atoms with van der Waals surface area (Å²) < 4.78 is 10.9. The Hall–Kier alpha value is -2.00. The smallest absolute Gasteiger partial charge is 0.130 e. The number of rotatable bonds is 6. The van der Waals surface area contributed by atoms with Crippen molar-refractivity contribution < 1.29 is 9.47 Å². The Morgan fingerprint density at radius 1 is 0.950 bits per heavy atom. The third kappa shape index (κ3) is 3.11. The van der Waals surface area contributed by atoms with Crippen molar-refractivity contribution >= 4 is 0 Å².